The lowest BCUT2D eigenvalue weighted by Gasteiger charge is -2.03. The number of carbonyl (C=O) groups excluding carboxylic acids is 2. The largest absolute Gasteiger partial charge is 0.460 e. The minimum absolute atomic E-state index is 0.0313. The second-order valence-corrected chi connectivity index (χ2v) is 6.09. The first kappa shape index (κ1) is 18.5. The van der Waals surface area contributed by atoms with Gasteiger partial charge >= 0.3 is 11.9 Å². The molecule has 0 aliphatic rings. The first-order valence-electron chi connectivity index (χ1n) is 9.03. The van der Waals surface area contributed by atoms with Crippen LogP contribution in [-0.2, 0) is 20.9 Å². The monoisotopic (exact) mass is 391 g/mol. The fourth-order valence-electron chi connectivity index (χ4n) is 2.90. The molecule has 4 rings (SSSR count). The summed E-state index contributed by atoms with van der Waals surface area (Å²) < 4.78 is 21.4. The van der Waals surface area contributed by atoms with E-state index in [4.69, 9.17) is 18.3 Å². The quantitative estimate of drug-likeness (QED) is 0.353. The molecule has 0 atom stereocenters. The van der Waals surface area contributed by atoms with Gasteiger partial charge in [-0.3, -0.25) is 0 Å². The second-order valence-electron chi connectivity index (χ2n) is 6.09. The van der Waals surface area contributed by atoms with Crippen molar-refractivity contribution < 1.29 is 27.9 Å². The van der Waals surface area contributed by atoms with Crippen LogP contribution in [0.1, 0.15) is 28.9 Å². The molecule has 2 aromatic heterocycles. The van der Waals surface area contributed by atoms with Crippen molar-refractivity contribution in [2.45, 2.75) is 13.5 Å². The van der Waals surface area contributed by atoms with Gasteiger partial charge in [-0.15, -0.1) is 0 Å². The van der Waals surface area contributed by atoms with Gasteiger partial charge in [-0.1, -0.05) is 30.3 Å². The third kappa shape index (κ3) is 3.89. The summed E-state index contributed by atoms with van der Waals surface area (Å²) in [5.74, 6) is -0.878. The maximum atomic E-state index is 12.2. The minimum atomic E-state index is -0.604. The van der Waals surface area contributed by atoms with Crippen LogP contribution in [0.4, 0.5) is 0 Å². The van der Waals surface area contributed by atoms with Gasteiger partial charge in [0, 0.05) is 17.5 Å². The average Bonchev–Trinajstić information content (AvgIpc) is 3.32. The van der Waals surface area contributed by atoms with Crippen LogP contribution < -0.4 is 0 Å². The Kier molecular flexibility index (Phi) is 5.11. The van der Waals surface area contributed by atoms with Crippen molar-refractivity contribution in [3.05, 3.63) is 71.8 Å². The molecule has 0 fully saturated rings. The molecular formula is C22H17NO6. The molecule has 29 heavy (non-hydrogen) atoms. The van der Waals surface area contributed by atoms with Crippen molar-refractivity contribution in [1.82, 2.24) is 4.98 Å². The van der Waals surface area contributed by atoms with Gasteiger partial charge in [-0.25, -0.2) is 14.6 Å². The fourth-order valence-corrected chi connectivity index (χ4v) is 2.90. The molecule has 2 heterocycles. The second kappa shape index (κ2) is 8.02. The third-order valence-electron chi connectivity index (χ3n) is 4.19. The number of hydrogen-bond donors (Lipinski definition) is 0. The predicted octanol–water partition coefficient (Wildman–Crippen LogP) is 4.51. The molecule has 0 aliphatic heterocycles. The van der Waals surface area contributed by atoms with Gasteiger partial charge in [0.15, 0.2) is 5.58 Å². The van der Waals surface area contributed by atoms with E-state index in [0.29, 0.717) is 33.5 Å². The summed E-state index contributed by atoms with van der Waals surface area (Å²) in [6, 6.07) is 14.4. The molecule has 0 saturated heterocycles. The number of hydrogen-bond acceptors (Lipinski definition) is 7. The van der Waals surface area contributed by atoms with E-state index in [9.17, 15) is 9.59 Å². The molecule has 4 aromatic rings. The summed E-state index contributed by atoms with van der Waals surface area (Å²) in [5.41, 5.74) is 2.31. The van der Waals surface area contributed by atoms with Crippen molar-refractivity contribution in [1.29, 1.82) is 0 Å². The van der Waals surface area contributed by atoms with Crippen LogP contribution >= 0.6 is 0 Å². The highest BCUT2D eigenvalue weighted by atomic mass is 16.5. The van der Waals surface area contributed by atoms with Crippen LogP contribution in [0.25, 0.3) is 28.1 Å². The number of oxazole rings is 1. The molecule has 2 aromatic carbocycles. The van der Waals surface area contributed by atoms with Gasteiger partial charge in [-0.2, -0.15) is 0 Å². The molecule has 0 amide bonds. The summed E-state index contributed by atoms with van der Waals surface area (Å²) >= 11 is 0. The van der Waals surface area contributed by atoms with Gasteiger partial charge in [0.25, 0.3) is 0 Å². The number of rotatable bonds is 6. The number of furan rings is 1. The Balaban J connectivity index is 1.50. The lowest BCUT2D eigenvalue weighted by Crippen LogP contribution is -2.08. The lowest BCUT2D eigenvalue weighted by molar-refractivity contribution is -0.138. The van der Waals surface area contributed by atoms with E-state index in [1.165, 1.54) is 12.2 Å². The molecule has 0 bridgehead atoms. The first-order valence-corrected chi connectivity index (χ1v) is 9.03. The number of para-hydroxylation sites is 3. The molecule has 0 aliphatic carbocycles. The van der Waals surface area contributed by atoms with Crippen LogP contribution in [0.5, 0.6) is 0 Å². The van der Waals surface area contributed by atoms with Crippen LogP contribution in [0.2, 0.25) is 0 Å². The van der Waals surface area contributed by atoms with Gasteiger partial charge in [0.1, 0.15) is 17.7 Å². The lowest BCUT2D eigenvalue weighted by atomic mass is 10.1. The van der Waals surface area contributed by atoms with Gasteiger partial charge in [0.05, 0.1) is 12.2 Å². The summed E-state index contributed by atoms with van der Waals surface area (Å²) in [6.07, 6.45) is 2.65. The molecule has 7 nitrogen and oxygen atoms in total. The minimum Gasteiger partial charge on any atom is -0.460 e. The number of aromatic nitrogens is 1. The van der Waals surface area contributed by atoms with Crippen LogP contribution in [-0.4, -0.2) is 23.5 Å². The highest BCUT2D eigenvalue weighted by Crippen LogP contribution is 2.27. The molecule has 0 N–H and O–H groups in total. The van der Waals surface area contributed by atoms with Crippen molar-refractivity contribution >= 4 is 40.1 Å². The standard InChI is InChI=1S/C22H17NO6/c1-2-26-22(25)21-15(14-7-3-5-9-17(14)29-21)13-27-20(24)12-11-19-23-16-8-4-6-10-18(16)28-19/h3-12H,2,13H2,1H3/b12-11+. The molecule has 0 saturated carbocycles. The first-order chi connectivity index (χ1) is 14.2. The number of nitrogens with zero attached hydrogens (tertiary/aromatic N) is 1. The van der Waals surface area contributed by atoms with E-state index in [1.807, 2.05) is 24.3 Å². The maximum Gasteiger partial charge on any atom is 0.374 e. The van der Waals surface area contributed by atoms with E-state index >= 15 is 0 Å². The Morgan fingerprint density at radius 3 is 2.55 bits per heavy atom. The summed E-state index contributed by atoms with van der Waals surface area (Å²) in [7, 11) is 0. The van der Waals surface area contributed by atoms with E-state index in [-0.39, 0.29) is 19.0 Å². The predicted molar refractivity (Wildman–Crippen MR) is 105 cm³/mol. The summed E-state index contributed by atoms with van der Waals surface area (Å²) in [6.45, 7) is 1.78. The van der Waals surface area contributed by atoms with Crippen LogP contribution in [0.15, 0.2) is 63.4 Å². The van der Waals surface area contributed by atoms with Crippen LogP contribution in [0, 0.1) is 0 Å². The smallest absolute Gasteiger partial charge is 0.374 e. The normalized spacial score (nSPS) is 11.3. The Bertz CT molecular complexity index is 1180. The molecule has 7 heteroatoms. The number of fused-ring (bicyclic) bond motifs is 2. The van der Waals surface area contributed by atoms with E-state index < -0.39 is 11.9 Å². The van der Waals surface area contributed by atoms with Crippen molar-refractivity contribution in [2.24, 2.45) is 0 Å². The zero-order chi connectivity index (χ0) is 20.2. The highest BCUT2D eigenvalue weighted by Gasteiger charge is 2.22. The Morgan fingerprint density at radius 1 is 1.00 bits per heavy atom. The van der Waals surface area contributed by atoms with Crippen molar-refractivity contribution in [3.63, 3.8) is 0 Å². The van der Waals surface area contributed by atoms with E-state index in [1.54, 1.807) is 31.2 Å². The molecule has 0 radical (unpaired) electrons. The summed E-state index contributed by atoms with van der Waals surface area (Å²) in [5, 5.41) is 0.686. The van der Waals surface area contributed by atoms with Crippen LogP contribution in [0.3, 0.4) is 0 Å². The average molecular weight is 391 g/mol. The van der Waals surface area contributed by atoms with Gasteiger partial charge in [-0.05, 0) is 25.1 Å². The number of carbonyl (C=O) groups is 2. The number of benzene rings is 2. The third-order valence-corrected chi connectivity index (χ3v) is 4.19. The van der Waals surface area contributed by atoms with Crippen molar-refractivity contribution in [2.75, 3.05) is 6.61 Å². The summed E-state index contributed by atoms with van der Waals surface area (Å²) in [4.78, 5) is 28.6. The molecular weight excluding hydrogens is 374 g/mol. The maximum absolute atomic E-state index is 12.2. The van der Waals surface area contributed by atoms with Gasteiger partial charge < -0.3 is 18.3 Å². The zero-order valence-corrected chi connectivity index (χ0v) is 15.6. The topological polar surface area (TPSA) is 91.8 Å². The van der Waals surface area contributed by atoms with E-state index in [0.717, 1.165) is 0 Å². The molecule has 0 spiro atoms. The van der Waals surface area contributed by atoms with Crippen molar-refractivity contribution in [3.8, 4) is 0 Å². The fraction of sp³-hybridized carbons (Fsp3) is 0.136. The van der Waals surface area contributed by atoms with Gasteiger partial charge in [0.2, 0.25) is 11.7 Å². The Hall–Kier alpha value is -3.87. The van der Waals surface area contributed by atoms with E-state index in [2.05, 4.69) is 4.98 Å². The Labute approximate surface area is 165 Å². The highest BCUT2D eigenvalue weighted by molar-refractivity contribution is 5.96. The SMILES string of the molecule is CCOC(=O)c1oc2ccccc2c1COC(=O)/C=C/c1nc2ccccc2o1. The molecule has 0 unspecified atom stereocenters. The number of ether oxygens (including phenoxy) is 2. The Morgan fingerprint density at radius 2 is 1.76 bits per heavy atom. The zero-order valence-electron chi connectivity index (χ0n) is 15.6. The number of esters is 2. The molecule has 146 valence electrons.